The maximum absolute atomic E-state index is 11.8. The molecule has 1 aromatic carbocycles. The van der Waals surface area contributed by atoms with Crippen LogP contribution in [0.3, 0.4) is 0 Å². The van der Waals surface area contributed by atoms with Gasteiger partial charge in [0.2, 0.25) is 0 Å². The maximum atomic E-state index is 11.8. The lowest BCUT2D eigenvalue weighted by Crippen LogP contribution is -2.30. The van der Waals surface area contributed by atoms with Crippen molar-refractivity contribution < 1.29 is 19.4 Å². The zero-order chi connectivity index (χ0) is 15.8. The van der Waals surface area contributed by atoms with Crippen LogP contribution in [0, 0.1) is 0 Å². The van der Waals surface area contributed by atoms with E-state index in [1.807, 2.05) is 30.3 Å². The van der Waals surface area contributed by atoms with Crippen molar-refractivity contribution in [2.24, 2.45) is 0 Å². The highest BCUT2D eigenvalue weighted by atomic mass is 16.5. The Hall–Kier alpha value is -2.96. The van der Waals surface area contributed by atoms with Crippen LogP contribution in [-0.4, -0.2) is 27.1 Å². The SMILES string of the molecule is O=C(O)C[C@H](NC(=O)OCc1ccccc1)c1cncnc1. The first-order valence-corrected chi connectivity index (χ1v) is 6.59. The number of amides is 1. The Morgan fingerprint density at radius 3 is 2.50 bits per heavy atom. The van der Waals surface area contributed by atoms with Crippen LogP contribution in [0.15, 0.2) is 49.1 Å². The van der Waals surface area contributed by atoms with Gasteiger partial charge in [0.15, 0.2) is 0 Å². The third-order valence-electron chi connectivity index (χ3n) is 2.87. The van der Waals surface area contributed by atoms with E-state index in [-0.39, 0.29) is 13.0 Å². The number of rotatable bonds is 6. The summed E-state index contributed by atoms with van der Waals surface area (Å²) >= 11 is 0. The van der Waals surface area contributed by atoms with Crippen LogP contribution in [0.2, 0.25) is 0 Å². The summed E-state index contributed by atoms with van der Waals surface area (Å²) in [6.45, 7) is 0.109. The largest absolute Gasteiger partial charge is 0.481 e. The van der Waals surface area contributed by atoms with Crippen LogP contribution in [-0.2, 0) is 16.1 Å². The molecule has 1 aromatic heterocycles. The van der Waals surface area contributed by atoms with Crippen molar-refractivity contribution in [3.8, 4) is 0 Å². The van der Waals surface area contributed by atoms with Crippen molar-refractivity contribution in [3.05, 3.63) is 60.2 Å². The number of benzene rings is 1. The average molecular weight is 301 g/mol. The topological polar surface area (TPSA) is 101 Å². The maximum Gasteiger partial charge on any atom is 0.407 e. The van der Waals surface area contributed by atoms with E-state index in [0.717, 1.165) is 5.56 Å². The number of ether oxygens (including phenoxy) is 1. The monoisotopic (exact) mass is 301 g/mol. The molecule has 1 amide bonds. The van der Waals surface area contributed by atoms with Crippen LogP contribution in [0.25, 0.3) is 0 Å². The molecule has 7 nitrogen and oxygen atoms in total. The second-order valence-electron chi connectivity index (χ2n) is 4.53. The highest BCUT2D eigenvalue weighted by molar-refractivity contribution is 5.71. The van der Waals surface area contributed by atoms with Gasteiger partial charge >= 0.3 is 12.1 Å². The third kappa shape index (κ3) is 4.86. The minimum atomic E-state index is -1.04. The van der Waals surface area contributed by atoms with Crippen molar-refractivity contribution in [1.82, 2.24) is 15.3 Å². The number of hydrogen-bond donors (Lipinski definition) is 2. The number of nitrogens with zero attached hydrogens (tertiary/aromatic N) is 2. The van der Waals surface area contributed by atoms with Gasteiger partial charge in [-0.3, -0.25) is 4.79 Å². The van der Waals surface area contributed by atoms with Crippen LogP contribution < -0.4 is 5.32 Å². The Labute approximate surface area is 127 Å². The van der Waals surface area contributed by atoms with Crippen molar-refractivity contribution in [2.75, 3.05) is 0 Å². The van der Waals surface area contributed by atoms with E-state index in [9.17, 15) is 9.59 Å². The van der Waals surface area contributed by atoms with Gasteiger partial charge < -0.3 is 15.2 Å². The predicted octanol–water partition coefficient (Wildman–Crippen LogP) is 1.92. The fourth-order valence-corrected chi connectivity index (χ4v) is 1.82. The van der Waals surface area contributed by atoms with Gasteiger partial charge in [0.05, 0.1) is 12.5 Å². The summed E-state index contributed by atoms with van der Waals surface area (Å²) in [7, 11) is 0. The van der Waals surface area contributed by atoms with E-state index >= 15 is 0 Å². The first-order valence-electron chi connectivity index (χ1n) is 6.59. The molecule has 0 aliphatic rings. The molecule has 0 bridgehead atoms. The molecular formula is C15H15N3O4. The van der Waals surface area contributed by atoms with E-state index in [1.165, 1.54) is 18.7 Å². The van der Waals surface area contributed by atoms with Gasteiger partial charge in [0.1, 0.15) is 12.9 Å². The number of carboxylic acids is 1. The van der Waals surface area contributed by atoms with Gasteiger partial charge in [0.25, 0.3) is 0 Å². The third-order valence-corrected chi connectivity index (χ3v) is 2.87. The van der Waals surface area contributed by atoms with Crippen LogP contribution in [0.1, 0.15) is 23.6 Å². The number of alkyl carbamates (subject to hydrolysis) is 1. The van der Waals surface area contributed by atoms with Gasteiger partial charge in [0, 0.05) is 18.0 Å². The Bertz CT molecular complexity index is 619. The number of aliphatic carboxylic acids is 1. The number of carbonyl (C=O) groups is 2. The molecule has 1 atom stereocenters. The molecule has 0 fully saturated rings. The number of nitrogens with one attached hydrogen (secondary N) is 1. The van der Waals surface area contributed by atoms with Crippen molar-refractivity contribution in [1.29, 1.82) is 0 Å². The predicted molar refractivity (Wildman–Crippen MR) is 76.8 cm³/mol. The van der Waals surface area contributed by atoms with Crippen LogP contribution >= 0.6 is 0 Å². The molecule has 0 aliphatic heterocycles. The smallest absolute Gasteiger partial charge is 0.407 e. The summed E-state index contributed by atoms with van der Waals surface area (Å²) in [6.07, 6.45) is 3.26. The van der Waals surface area contributed by atoms with E-state index in [0.29, 0.717) is 5.56 Å². The highest BCUT2D eigenvalue weighted by Crippen LogP contribution is 2.15. The van der Waals surface area contributed by atoms with Crippen molar-refractivity contribution in [3.63, 3.8) is 0 Å². The van der Waals surface area contributed by atoms with Crippen LogP contribution in [0.5, 0.6) is 0 Å². The Morgan fingerprint density at radius 2 is 1.86 bits per heavy atom. The summed E-state index contributed by atoms with van der Waals surface area (Å²) in [6, 6.07) is 8.44. The average Bonchev–Trinajstić information content (AvgIpc) is 2.54. The van der Waals surface area contributed by atoms with Gasteiger partial charge in [-0.2, -0.15) is 0 Å². The molecule has 2 aromatic rings. The minimum absolute atomic E-state index is 0.109. The molecule has 2 N–H and O–H groups in total. The number of aromatic nitrogens is 2. The zero-order valence-corrected chi connectivity index (χ0v) is 11.7. The second-order valence-corrected chi connectivity index (χ2v) is 4.53. The molecule has 0 unspecified atom stereocenters. The summed E-state index contributed by atoms with van der Waals surface area (Å²) in [4.78, 5) is 30.4. The van der Waals surface area contributed by atoms with Crippen molar-refractivity contribution >= 4 is 12.1 Å². The van der Waals surface area contributed by atoms with Gasteiger partial charge in [-0.15, -0.1) is 0 Å². The lowest BCUT2D eigenvalue weighted by molar-refractivity contribution is -0.137. The molecule has 7 heteroatoms. The van der Waals surface area contributed by atoms with E-state index < -0.39 is 18.1 Å². The molecule has 0 saturated heterocycles. The summed E-state index contributed by atoms with van der Waals surface area (Å²) in [5, 5.41) is 11.4. The Morgan fingerprint density at radius 1 is 1.18 bits per heavy atom. The molecule has 1 heterocycles. The lowest BCUT2D eigenvalue weighted by Gasteiger charge is -2.16. The zero-order valence-electron chi connectivity index (χ0n) is 11.7. The molecule has 22 heavy (non-hydrogen) atoms. The summed E-state index contributed by atoms with van der Waals surface area (Å²) < 4.78 is 5.08. The summed E-state index contributed by atoms with van der Waals surface area (Å²) in [5.41, 5.74) is 1.34. The second kappa shape index (κ2) is 7.72. The number of carbonyl (C=O) groups excluding carboxylic acids is 1. The minimum Gasteiger partial charge on any atom is -0.481 e. The number of carboxylic acid groups (broad SMARTS) is 1. The molecule has 0 radical (unpaired) electrons. The van der Waals surface area contributed by atoms with Crippen LogP contribution in [0.4, 0.5) is 4.79 Å². The van der Waals surface area contributed by atoms with E-state index in [4.69, 9.17) is 9.84 Å². The van der Waals surface area contributed by atoms with E-state index in [2.05, 4.69) is 15.3 Å². The van der Waals surface area contributed by atoms with Gasteiger partial charge in [-0.05, 0) is 5.56 Å². The first-order chi connectivity index (χ1) is 10.6. The Kier molecular flexibility index (Phi) is 5.42. The fraction of sp³-hybridized carbons (Fsp3) is 0.200. The van der Waals surface area contributed by atoms with E-state index in [1.54, 1.807) is 0 Å². The first kappa shape index (κ1) is 15.4. The quantitative estimate of drug-likeness (QED) is 0.845. The molecule has 114 valence electrons. The molecule has 0 aliphatic carbocycles. The van der Waals surface area contributed by atoms with Gasteiger partial charge in [-0.25, -0.2) is 14.8 Å². The molecule has 2 rings (SSSR count). The summed E-state index contributed by atoms with van der Waals surface area (Å²) in [5.74, 6) is -1.04. The number of hydrogen-bond acceptors (Lipinski definition) is 5. The standard InChI is InChI=1S/C15H15N3O4/c19-14(20)6-13(12-7-16-10-17-8-12)18-15(21)22-9-11-4-2-1-3-5-11/h1-5,7-8,10,13H,6,9H2,(H,18,21)(H,19,20)/t13-/m0/s1. The fourth-order valence-electron chi connectivity index (χ4n) is 1.82. The highest BCUT2D eigenvalue weighted by Gasteiger charge is 2.19. The van der Waals surface area contributed by atoms with Gasteiger partial charge in [-0.1, -0.05) is 30.3 Å². The molecule has 0 spiro atoms. The van der Waals surface area contributed by atoms with Crippen molar-refractivity contribution in [2.45, 2.75) is 19.1 Å². The Balaban J connectivity index is 1.95. The normalized spacial score (nSPS) is 11.5. The molecule has 0 saturated carbocycles. The molecular weight excluding hydrogens is 286 g/mol. The lowest BCUT2D eigenvalue weighted by atomic mass is 10.1.